The van der Waals surface area contributed by atoms with Gasteiger partial charge in [-0.1, -0.05) is 35.3 Å². The molecule has 2 rings (SSSR count). The Morgan fingerprint density at radius 3 is 2.85 bits per heavy atom. The number of rotatable bonds is 7. The molecule has 1 amide bonds. The van der Waals surface area contributed by atoms with Crippen LogP contribution in [0.1, 0.15) is 16.1 Å². The lowest BCUT2D eigenvalue weighted by Crippen LogP contribution is -2.29. The Morgan fingerprint density at radius 2 is 2.23 bits per heavy atom. The van der Waals surface area contributed by atoms with Crippen LogP contribution in [0, 0.1) is 5.82 Å². The molecule has 0 saturated heterocycles. The predicted octanol–water partition coefficient (Wildman–Crippen LogP) is 2.44. The van der Waals surface area contributed by atoms with Gasteiger partial charge in [0.1, 0.15) is 0 Å². The second kappa shape index (κ2) is 8.41. The zero-order chi connectivity index (χ0) is 19.3. The Balaban J connectivity index is 2.57. The normalized spacial score (nSPS) is 10.3. The Morgan fingerprint density at radius 1 is 1.50 bits per heavy atom. The van der Waals surface area contributed by atoms with E-state index in [9.17, 15) is 9.18 Å². The molecule has 0 fully saturated rings. The monoisotopic (exact) mass is 379 g/mol. The minimum absolute atomic E-state index is 0.00874. The number of aromatic nitrogens is 2. The molecule has 0 spiro atoms. The summed E-state index contributed by atoms with van der Waals surface area (Å²) in [5.41, 5.74) is 8.30. The number of anilines is 1. The van der Waals surface area contributed by atoms with Crippen LogP contribution in [-0.4, -0.2) is 24.6 Å². The van der Waals surface area contributed by atoms with Gasteiger partial charge in [0.2, 0.25) is 11.5 Å². The molecule has 4 N–H and O–H groups in total. The van der Waals surface area contributed by atoms with E-state index in [1.54, 1.807) is 0 Å². The number of nitrogens with one attached hydrogen (secondary N) is 2. The van der Waals surface area contributed by atoms with Gasteiger partial charge in [-0.25, -0.2) is 14.9 Å². The molecule has 1 aromatic heterocycles. The number of hydrogen-bond acceptors (Lipinski definition) is 5. The minimum atomic E-state index is -0.747. The van der Waals surface area contributed by atoms with Crippen LogP contribution in [0.5, 0.6) is 5.75 Å². The highest BCUT2D eigenvalue weighted by Crippen LogP contribution is 2.33. The molecule has 0 atom stereocenters. The number of methoxy groups -OCH3 is 1. The number of amides is 1. The summed E-state index contributed by atoms with van der Waals surface area (Å²) >= 11 is 5.90. The summed E-state index contributed by atoms with van der Waals surface area (Å²) in [6, 6.07) is 2.83. The second-order valence-corrected chi connectivity index (χ2v) is 5.35. The molecule has 1 aromatic carbocycles. The van der Waals surface area contributed by atoms with Crippen LogP contribution in [0.3, 0.4) is 0 Å². The van der Waals surface area contributed by atoms with Crippen LogP contribution in [-0.2, 0) is 4.84 Å². The fraction of sp³-hybridized carbons (Fsp3) is 0.118. The SMILES string of the molecule is C=CCONC(=O)c1nc(-c2ccc(Cl)c(OC)c2F)[nH+]c(N)c1C=C. The fourth-order valence-corrected chi connectivity index (χ4v) is 2.37. The number of hydroxylamine groups is 1. The molecular weight excluding hydrogens is 363 g/mol. The van der Waals surface area contributed by atoms with E-state index in [-0.39, 0.29) is 45.8 Å². The smallest absolute Gasteiger partial charge is 0.311 e. The molecule has 0 saturated carbocycles. The van der Waals surface area contributed by atoms with Gasteiger partial charge >= 0.3 is 5.91 Å². The molecule has 2 aromatic rings. The Kier molecular flexibility index (Phi) is 6.26. The van der Waals surface area contributed by atoms with Crippen LogP contribution >= 0.6 is 11.6 Å². The van der Waals surface area contributed by atoms with Crippen molar-refractivity contribution in [2.45, 2.75) is 0 Å². The lowest BCUT2D eigenvalue weighted by molar-refractivity contribution is -0.351. The van der Waals surface area contributed by atoms with E-state index in [1.807, 2.05) is 0 Å². The molecule has 0 radical (unpaired) electrons. The number of hydrogen-bond donors (Lipinski definition) is 2. The van der Waals surface area contributed by atoms with Crippen molar-refractivity contribution in [3.05, 3.63) is 53.5 Å². The van der Waals surface area contributed by atoms with E-state index in [4.69, 9.17) is 26.9 Å². The van der Waals surface area contributed by atoms with Crippen LogP contribution in [0.2, 0.25) is 5.02 Å². The fourth-order valence-electron chi connectivity index (χ4n) is 2.15. The van der Waals surface area contributed by atoms with Crippen LogP contribution < -0.4 is 20.9 Å². The number of carbonyl (C=O) groups is 1. The van der Waals surface area contributed by atoms with Gasteiger partial charge in [-0.15, -0.1) is 6.58 Å². The predicted molar refractivity (Wildman–Crippen MR) is 95.9 cm³/mol. The third-order valence-corrected chi connectivity index (χ3v) is 3.61. The first-order chi connectivity index (χ1) is 12.4. The Bertz CT molecular complexity index is 874. The number of H-pyrrole nitrogens is 1. The van der Waals surface area contributed by atoms with Gasteiger partial charge in [0.15, 0.2) is 11.6 Å². The summed E-state index contributed by atoms with van der Waals surface area (Å²) in [5.74, 6) is -1.48. The lowest BCUT2D eigenvalue weighted by Gasteiger charge is -2.09. The Hall–Kier alpha value is -2.97. The van der Waals surface area contributed by atoms with Gasteiger partial charge in [-0.2, -0.15) is 0 Å². The van der Waals surface area contributed by atoms with Gasteiger partial charge in [0.25, 0.3) is 5.82 Å². The molecule has 0 aliphatic heterocycles. The maximum absolute atomic E-state index is 14.6. The lowest BCUT2D eigenvalue weighted by atomic mass is 10.1. The third-order valence-electron chi connectivity index (χ3n) is 3.32. The summed E-state index contributed by atoms with van der Waals surface area (Å²) in [7, 11) is 1.29. The number of ether oxygens (including phenoxy) is 1. The zero-order valence-corrected chi connectivity index (χ0v) is 14.7. The number of nitrogens with two attached hydrogens (primary N) is 1. The van der Waals surface area contributed by atoms with E-state index in [1.165, 1.54) is 31.4 Å². The van der Waals surface area contributed by atoms with E-state index in [0.29, 0.717) is 0 Å². The average Bonchev–Trinajstić information content (AvgIpc) is 2.61. The number of nitrogens with zero attached hydrogens (tertiary/aromatic N) is 1. The third kappa shape index (κ3) is 3.81. The highest BCUT2D eigenvalue weighted by molar-refractivity contribution is 6.32. The van der Waals surface area contributed by atoms with E-state index in [0.717, 1.165) is 0 Å². The van der Waals surface area contributed by atoms with Gasteiger partial charge in [0.05, 0.1) is 29.9 Å². The summed E-state index contributed by atoms with van der Waals surface area (Å²) in [5, 5.41) is 0.0974. The highest BCUT2D eigenvalue weighted by atomic mass is 35.5. The van der Waals surface area contributed by atoms with Crippen molar-refractivity contribution in [3.63, 3.8) is 0 Å². The van der Waals surface area contributed by atoms with Crippen molar-refractivity contribution in [1.82, 2.24) is 10.5 Å². The van der Waals surface area contributed by atoms with E-state index < -0.39 is 11.7 Å². The maximum Gasteiger partial charge on any atom is 0.311 e. The first-order valence-electron chi connectivity index (χ1n) is 7.35. The maximum atomic E-state index is 14.6. The largest absolute Gasteiger partial charge is 0.492 e. The van der Waals surface area contributed by atoms with Crippen molar-refractivity contribution in [2.75, 3.05) is 19.5 Å². The van der Waals surface area contributed by atoms with E-state index in [2.05, 4.69) is 28.6 Å². The highest BCUT2D eigenvalue weighted by Gasteiger charge is 2.26. The van der Waals surface area contributed by atoms with Crippen LogP contribution in [0.25, 0.3) is 17.5 Å². The topological polar surface area (TPSA) is 101 Å². The molecule has 0 aliphatic carbocycles. The molecule has 7 nitrogen and oxygen atoms in total. The minimum Gasteiger partial charge on any atom is -0.492 e. The van der Waals surface area contributed by atoms with Crippen molar-refractivity contribution in [2.24, 2.45) is 0 Å². The number of carbonyl (C=O) groups excluding carboxylic acids is 1. The molecule has 0 bridgehead atoms. The summed E-state index contributed by atoms with van der Waals surface area (Å²) in [6.07, 6.45) is 2.81. The molecule has 0 unspecified atom stereocenters. The second-order valence-electron chi connectivity index (χ2n) is 4.94. The standard InChI is InChI=1S/C17H16ClFN4O3/c1-4-8-26-23-17(24)13-9(5-2)15(20)22-16(21-13)10-6-7-11(18)14(25-3)12(10)19/h4-7H,1-2,8H2,3H3,(H,23,24)(H2,20,21,22)/p+1. The number of aromatic amines is 1. The first kappa shape index (κ1) is 19.4. The van der Waals surface area contributed by atoms with E-state index >= 15 is 0 Å². The van der Waals surface area contributed by atoms with Gasteiger partial charge in [-0.3, -0.25) is 9.63 Å². The number of benzene rings is 1. The summed E-state index contributed by atoms with van der Waals surface area (Å²) in [4.78, 5) is 24.1. The van der Waals surface area contributed by atoms with Crippen molar-refractivity contribution < 1.29 is 23.7 Å². The molecular formula is C17H17ClFN4O3+. The molecule has 9 heteroatoms. The quantitative estimate of drug-likeness (QED) is 0.437. The van der Waals surface area contributed by atoms with Crippen molar-refractivity contribution in [3.8, 4) is 17.1 Å². The van der Waals surface area contributed by atoms with Crippen molar-refractivity contribution >= 4 is 29.4 Å². The first-order valence-corrected chi connectivity index (χ1v) is 7.73. The van der Waals surface area contributed by atoms with Gasteiger partial charge < -0.3 is 10.5 Å². The average molecular weight is 380 g/mol. The Labute approximate surface area is 154 Å². The summed E-state index contributed by atoms with van der Waals surface area (Å²) in [6.45, 7) is 7.17. The molecule has 136 valence electrons. The molecule has 1 heterocycles. The van der Waals surface area contributed by atoms with Crippen molar-refractivity contribution in [1.29, 1.82) is 0 Å². The molecule has 26 heavy (non-hydrogen) atoms. The van der Waals surface area contributed by atoms with Gasteiger partial charge in [-0.05, 0) is 12.1 Å². The van der Waals surface area contributed by atoms with Crippen LogP contribution in [0.15, 0.2) is 31.4 Å². The zero-order valence-electron chi connectivity index (χ0n) is 13.9. The number of nitrogen functional groups attached to an aromatic ring is 1. The number of halogens is 2. The molecule has 0 aliphatic rings. The van der Waals surface area contributed by atoms with Gasteiger partial charge in [0, 0.05) is 0 Å². The van der Waals surface area contributed by atoms with Crippen LogP contribution in [0.4, 0.5) is 10.2 Å². The summed E-state index contributed by atoms with van der Waals surface area (Å²) < 4.78 is 19.6.